The number of unbranched alkanes of at least 4 members (excludes halogenated alkanes) is 14. The minimum Gasteiger partial charge on any atom is -0.507 e. The average molecular weight is 587 g/mol. The summed E-state index contributed by atoms with van der Waals surface area (Å²) in [6.07, 6.45) is 18.8. The number of phenols is 2. The molecule has 0 radical (unpaired) electrons. The molecule has 2 aromatic rings. The zero-order valence-electron chi connectivity index (χ0n) is 25.1. The molecule has 0 saturated carbocycles. The summed E-state index contributed by atoms with van der Waals surface area (Å²) in [5.74, 6) is -2.26. The monoisotopic (exact) mass is 586 g/mol. The van der Waals surface area contributed by atoms with Crippen molar-refractivity contribution in [1.82, 2.24) is 0 Å². The van der Waals surface area contributed by atoms with Gasteiger partial charge in [0, 0.05) is 0 Å². The lowest BCUT2D eigenvalue weighted by atomic mass is 9.99. The highest BCUT2D eigenvalue weighted by atomic mass is 32.2. The molecule has 0 amide bonds. The van der Waals surface area contributed by atoms with Crippen LogP contribution < -0.4 is 0 Å². The Balaban J connectivity index is 2.24. The van der Waals surface area contributed by atoms with Gasteiger partial charge in [0.15, 0.2) is 0 Å². The molecule has 0 unspecified atom stereocenters. The molecule has 0 bridgehead atoms. The van der Waals surface area contributed by atoms with Crippen LogP contribution in [0.2, 0.25) is 0 Å². The van der Waals surface area contributed by atoms with Crippen molar-refractivity contribution in [3.63, 3.8) is 0 Å². The van der Waals surface area contributed by atoms with Crippen LogP contribution in [-0.4, -0.2) is 32.4 Å². The molecular weight excluding hydrogens is 536 g/mol. The van der Waals surface area contributed by atoms with Crippen molar-refractivity contribution in [3.05, 3.63) is 46.5 Å². The summed E-state index contributed by atoms with van der Waals surface area (Å²) in [7, 11) is 0. The Morgan fingerprint density at radius 3 is 1.17 bits per heavy atom. The largest absolute Gasteiger partial charge is 0.507 e. The van der Waals surface area contributed by atoms with Gasteiger partial charge in [-0.05, 0) is 61.1 Å². The zero-order chi connectivity index (χ0) is 30.0. The quantitative estimate of drug-likeness (QED) is 0.101. The molecule has 4 N–H and O–H groups in total. The van der Waals surface area contributed by atoms with E-state index in [2.05, 4.69) is 13.8 Å². The van der Waals surface area contributed by atoms with Crippen LogP contribution in [0.3, 0.4) is 0 Å². The van der Waals surface area contributed by atoms with Crippen molar-refractivity contribution in [3.8, 4) is 11.5 Å². The smallest absolute Gasteiger partial charge is 0.336 e. The van der Waals surface area contributed by atoms with Gasteiger partial charge in [0.25, 0.3) is 0 Å². The van der Waals surface area contributed by atoms with Crippen molar-refractivity contribution in [1.29, 1.82) is 0 Å². The Hall–Kier alpha value is -2.67. The molecule has 0 fully saturated rings. The molecule has 0 aliphatic rings. The molecule has 0 spiro atoms. The number of hydrogen-bond donors (Lipinski definition) is 4. The van der Waals surface area contributed by atoms with Crippen LogP contribution in [0.25, 0.3) is 0 Å². The van der Waals surface area contributed by atoms with Gasteiger partial charge in [-0.2, -0.15) is 0 Å². The van der Waals surface area contributed by atoms with E-state index in [1.165, 1.54) is 75.6 Å². The summed E-state index contributed by atoms with van der Waals surface area (Å²) in [5, 5.41) is 41.6. The van der Waals surface area contributed by atoms with Gasteiger partial charge >= 0.3 is 11.9 Å². The van der Waals surface area contributed by atoms with Gasteiger partial charge in [0.2, 0.25) is 0 Å². The van der Waals surface area contributed by atoms with Crippen LogP contribution in [0.15, 0.2) is 34.1 Å². The van der Waals surface area contributed by atoms with E-state index < -0.39 is 11.9 Å². The number of hydrogen-bond acceptors (Lipinski definition) is 5. The van der Waals surface area contributed by atoms with Gasteiger partial charge in [-0.3, -0.25) is 0 Å². The summed E-state index contributed by atoms with van der Waals surface area (Å²) in [4.78, 5) is 25.0. The number of carboxylic acids is 2. The van der Waals surface area contributed by atoms with Crippen molar-refractivity contribution in [2.45, 2.75) is 139 Å². The molecular formula is C34H50O6S. The number of carbonyl (C=O) groups is 2. The second-order valence-corrected chi connectivity index (χ2v) is 12.1. The predicted octanol–water partition coefficient (Wildman–Crippen LogP) is 10.0. The van der Waals surface area contributed by atoms with Gasteiger partial charge < -0.3 is 20.4 Å². The molecule has 41 heavy (non-hydrogen) atoms. The van der Waals surface area contributed by atoms with Crippen LogP contribution in [0.1, 0.15) is 148 Å². The first-order chi connectivity index (χ1) is 19.8. The van der Waals surface area contributed by atoms with Gasteiger partial charge in [0.05, 0.1) is 20.9 Å². The maximum Gasteiger partial charge on any atom is 0.336 e. The van der Waals surface area contributed by atoms with Crippen LogP contribution in [0.4, 0.5) is 0 Å². The second kappa shape index (κ2) is 19.5. The first-order valence-electron chi connectivity index (χ1n) is 15.7. The third kappa shape index (κ3) is 11.6. The number of benzene rings is 2. The van der Waals surface area contributed by atoms with Crippen LogP contribution >= 0.6 is 11.8 Å². The van der Waals surface area contributed by atoms with Gasteiger partial charge in [-0.25, -0.2) is 9.59 Å². The fourth-order valence-corrected chi connectivity index (χ4v) is 6.55. The van der Waals surface area contributed by atoms with E-state index in [-0.39, 0.29) is 22.6 Å². The maximum absolute atomic E-state index is 12.1. The SMILES string of the molecule is CCCCCCCCCCc1c(C(=O)O)ccc(O)c1Sc1c(O)ccc(C(=O)O)c1CCCCCCCCCC. The molecule has 0 saturated heterocycles. The van der Waals surface area contributed by atoms with E-state index in [4.69, 9.17) is 0 Å². The average Bonchev–Trinajstić information content (AvgIpc) is 2.94. The molecule has 7 heteroatoms. The third-order valence-electron chi connectivity index (χ3n) is 7.71. The minimum absolute atomic E-state index is 0.0623. The first kappa shape index (κ1) is 34.5. The second-order valence-electron chi connectivity index (χ2n) is 11.0. The predicted molar refractivity (Wildman–Crippen MR) is 167 cm³/mol. The first-order valence-corrected chi connectivity index (χ1v) is 16.5. The van der Waals surface area contributed by atoms with E-state index in [9.17, 15) is 30.0 Å². The number of aromatic hydroxyl groups is 2. The lowest BCUT2D eigenvalue weighted by Crippen LogP contribution is -2.06. The van der Waals surface area contributed by atoms with E-state index in [0.29, 0.717) is 33.8 Å². The summed E-state index contributed by atoms with van der Waals surface area (Å²) in [5.41, 5.74) is 1.33. The van der Waals surface area contributed by atoms with E-state index >= 15 is 0 Å². The maximum atomic E-state index is 12.1. The number of rotatable bonds is 22. The molecule has 2 rings (SSSR count). The Morgan fingerprint density at radius 1 is 0.537 bits per heavy atom. The minimum atomic E-state index is -1.07. The number of aromatic carboxylic acids is 2. The molecule has 0 atom stereocenters. The molecule has 0 aliphatic carbocycles. The highest BCUT2D eigenvalue weighted by molar-refractivity contribution is 7.99. The number of carboxylic acid groups (broad SMARTS) is 2. The van der Waals surface area contributed by atoms with E-state index in [0.717, 1.165) is 63.1 Å². The molecule has 0 heterocycles. The fraction of sp³-hybridized carbons (Fsp3) is 0.588. The van der Waals surface area contributed by atoms with Crippen LogP contribution in [0, 0.1) is 0 Å². The van der Waals surface area contributed by atoms with Crippen molar-refractivity contribution >= 4 is 23.7 Å². The van der Waals surface area contributed by atoms with Gasteiger partial charge in [-0.1, -0.05) is 116 Å². The molecule has 2 aromatic carbocycles. The third-order valence-corrected chi connectivity index (χ3v) is 9.02. The Bertz CT molecular complexity index is 1010. The van der Waals surface area contributed by atoms with Crippen LogP contribution in [0.5, 0.6) is 11.5 Å². The Morgan fingerprint density at radius 2 is 0.854 bits per heavy atom. The highest BCUT2D eigenvalue weighted by Gasteiger charge is 2.23. The van der Waals surface area contributed by atoms with E-state index in [1.807, 2.05) is 0 Å². The van der Waals surface area contributed by atoms with Crippen molar-refractivity contribution < 1.29 is 30.0 Å². The standard InChI is InChI=1S/C34H50O6S/c1-3-5-7-9-11-13-15-17-19-25-27(33(37)38)21-23-29(35)31(25)41-32-26(28(34(39)40)22-24-30(32)36)20-18-16-14-12-10-8-6-4-2/h21-24,35-36H,3-20H2,1-2H3,(H,37,38)(H,39,40). The Kier molecular flexibility index (Phi) is 16.4. The van der Waals surface area contributed by atoms with Gasteiger partial charge in [0.1, 0.15) is 11.5 Å². The van der Waals surface area contributed by atoms with Crippen LogP contribution in [-0.2, 0) is 12.8 Å². The zero-order valence-corrected chi connectivity index (χ0v) is 25.9. The fourth-order valence-electron chi connectivity index (χ4n) is 5.33. The Labute approximate surface area is 250 Å². The van der Waals surface area contributed by atoms with Crippen molar-refractivity contribution in [2.24, 2.45) is 0 Å². The summed E-state index contributed by atoms with van der Waals surface area (Å²) in [6.45, 7) is 4.39. The summed E-state index contributed by atoms with van der Waals surface area (Å²) < 4.78 is 0. The lowest BCUT2D eigenvalue weighted by Gasteiger charge is -2.18. The molecule has 228 valence electrons. The van der Waals surface area contributed by atoms with E-state index in [1.54, 1.807) is 0 Å². The molecule has 0 aliphatic heterocycles. The summed E-state index contributed by atoms with van der Waals surface area (Å²) in [6, 6.07) is 5.60. The van der Waals surface area contributed by atoms with Crippen molar-refractivity contribution in [2.75, 3.05) is 0 Å². The summed E-state index contributed by atoms with van der Waals surface area (Å²) >= 11 is 1.09. The highest BCUT2D eigenvalue weighted by Crippen LogP contribution is 2.45. The normalized spacial score (nSPS) is 11.2. The topological polar surface area (TPSA) is 115 Å². The van der Waals surface area contributed by atoms with Gasteiger partial charge in [-0.15, -0.1) is 0 Å². The molecule has 0 aromatic heterocycles. The number of phenolic OH excluding ortho intramolecular Hbond substituents is 2. The lowest BCUT2D eigenvalue weighted by molar-refractivity contribution is 0.0684. The molecule has 6 nitrogen and oxygen atoms in total.